The first-order valence-electron chi connectivity index (χ1n) is 8.21. The van der Waals surface area contributed by atoms with Gasteiger partial charge in [0, 0.05) is 52.0 Å². The highest BCUT2D eigenvalue weighted by atomic mass is 19.1. The van der Waals surface area contributed by atoms with Crippen molar-refractivity contribution in [2.24, 2.45) is 0 Å². The number of aryl methyl sites for hydroxylation is 1. The van der Waals surface area contributed by atoms with Crippen LogP contribution in [0.25, 0.3) is 0 Å². The van der Waals surface area contributed by atoms with E-state index < -0.39 is 5.82 Å². The van der Waals surface area contributed by atoms with Crippen LogP contribution in [0, 0.1) is 24.1 Å². The molecule has 0 atom stereocenters. The molecule has 0 spiro atoms. The zero-order chi connectivity index (χ0) is 18.0. The molecule has 0 unspecified atom stereocenters. The number of piperazine rings is 1. The molecular formula is C18H21FN6. The van der Waals surface area contributed by atoms with E-state index in [2.05, 4.69) is 14.9 Å². The molecule has 0 aliphatic carbocycles. The van der Waals surface area contributed by atoms with Crippen LogP contribution in [0.4, 0.5) is 21.8 Å². The molecule has 1 aromatic heterocycles. The van der Waals surface area contributed by atoms with Gasteiger partial charge in [-0.3, -0.25) is 0 Å². The van der Waals surface area contributed by atoms with Gasteiger partial charge in [0.25, 0.3) is 0 Å². The van der Waals surface area contributed by atoms with Crippen molar-refractivity contribution in [2.45, 2.75) is 6.92 Å². The van der Waals surface area contributed by atoms with E-state index in [0.717, 1.165) is 24.6 Å². The molecule has 1 aliphatic rings. The monoisotopic (exact) mass is 340 g/mol. The summed E-state index contributed by atoms with van der Waals surface area (Å²) in [5.74, 6) is 1.12. The highest BCUT2D eigenvalue weighted by Gasteiger charge is 2.22. The smallest absolute Gasteiger partial charge is 0.227 e. The second-order valence-electron chi connectivity index (χ2n) is 6.28. The summed E-state index contributed by atoms with van der Waals surface area (Å²) in [6.07, 6.45) is 0. The number of nitrogens with zero attached hydrogens (tertiary/aromatic N) is 6. The summed E-state index contributed by atoms with van der Waals surface area (Å²) >= 11 is 0. The normalized spacial score (nSPS) is 14.4. The van der Waals surface area contributed by atoms with E-state index in [-0.39, 0.29) is 5.56 Å². The Labute approximate surface area is 147 Å². The highest BCUT2D eigenvalue weighted by molar-refractivity contribution is 5.60. The largest absolute Gasteiger partial charge is 0.367 e. The van der Waals surface area contributed by atoms with Crippen molar-refractivity contribution >= 4 is 17.5 Å². The predicted molar refractivity (Wildman–Crippen MR) is 96.6 cm³/mol. The molecule has 0 saturated carbocycles. The fraction of sp³-hybridized carbons (Fsp3) is 0.389. The number of hydrogen-bond acceptors (Lipinski definition) is 6. The van der Waals surface area contributed by atoms with Gasteiger partial charge in [-0.05, 0) is 19.1 Å². The van der Waals surface area contributed by atoms with E-state index in [1.807, 2.05) is 43.0 Å². The standard InChI is InChI=1S/C18H21FN6/c1-13-11-17(23(2)3)22-18(21-13)25-9-7-24(8-10-25)16-6-4-5-15(19)14(16)12-20/h4-6,11H,7-10H2,1-3H3. The molecule has 1 aliphatic heterocycles. The second kappa shape index (κ2) is 6.93. The van der Waals surface area contributed by atoms with Crippen molar-refractivity contribution in [3.8, 4) is 6.07 Å². The lowest BCUT2D eigenvalue weighted by molar-refractivity contribution is 0.613. The van der Waals surface area contributed by atoms with Crippen molar-refractivity contribution < 1.29 is 4.39 Å². The molecule has 7 heteroatoms. The van der Waals surface area contributed by atoms with Gasteiger partial charge in [0.1, 0.15) is 23.3 Å². The predicted octanol–water partition coefficient (Wildman–Crippen LogP) is 2.19. The van der Waals surface area contributed by atoms with E-state index in [1.165, 1.54) is 6.07 Å². The van der Waals surface area contributed by atoms with Gasteiger partial charge in [0.05, 0.1) is 5.69 Å². The molecule has 0 bridgehead atoms. The molecule has 3 rings (SSSR count). The molecule has 1 fully saturated rings. The van der Waals surface area contributed by atoms with Crippen molar-refractivity contribution in [1.29, 1.82) is 5.26 Å². The van der Waals surface area contributed by atoms with Crippen LogP contribution in [-0.2, 0) is 0 Å². The minimum absolute atomic E-state index is 0.109. The Kier molecular flexibility index (Phi) is 4.70. The van der Waals surface area contributed by atoms with E-state index in [4.69, 9.17) is 0 Å². The summed E-state index contributed by atoms with van der Waals surface area (Å²) in [6, 6.07) is 8.68. The Hall–Kier alpha value is -2.88. The molecule has 6 nitrogen and oxygen atoms in total. The van der Waals surface area contributed by atoms with Crippen LogP contribution in [0.3, 0.4) is 0 Å². The number of nitriles is 1. The summed E-state index contributed by atoms with van der Waals surface area (Å²) in [7, 11) is 3.91. The summed E-state index contributed by atoms with van der Waals surface area (Å²) in [5, 5.41) is 9.22. The maximum atomic E-state index is 13.8. The third kappa shape index (κ3) is 3.48. The molecule has 130 valence electrons. The van der Waals surface area contributed by atoms with Crippen LogP contribution >= 0.6 is 0 Å². The molecule has 0 radical (unpaired) electrons. The van der Waals surface area contributed by atoms with Crippen LogP contribution in [-0.4, -0.2) is 50.2 Å². The van der Waals surface area contributed by atoms with E-state index in [1.54, 1.807) is 12.1 Å². The highest BCUT2D eigenvalue weighted by Crippen LogP contribution is 2.25. The lowest BCUT2D eigenvalue weighted by atomic mass is 10.1. The van der Waals surface area contributed by atoms with Crippen molar-refractivity contribution in [3.63, 3.8) is 0 Å². The summed E-state index contributed by atoms with van der Waals surface area (Å²) in [5.41, 5.74) is 1.69. The van der Waals surface area contributed by atoms with E-state index >= 15 is 0 Å². The summed E-state index contributed by atoms with van der Waals surface area (Å²) in [6.45, 7) is 4.77. The number of hydrogen-bond donors (Lipinski definition) is 0. The van der Waals surface area contributed by atoms with Gasteiger partial charge in [-0.15, -0.1) is 0 Å². The first kappa shape index (κ1) is 17.0. The average Bonchev–Trinajstić information content (AvgIpc) is 2.61. The number of aromatic nitrogens is 2. The third-order valence-corrected chi connectivity index (χ3v) is 4.29. The first-order valence-corrected chi connectivity index (χ1v) is 8.21. The van der Waals surface area contributed by atoms with Gasteiger partial charge in [0.2, 0.25) is 5.95 Å². The van der Waals surface area contributed by atoms with Gasteiger partial charge < -0.3 is 14.7 Å². The number of halogens is 1. The molecular weight excluding hydrogens is 319 g/mol. The van der Waals surface area contributed by atoms with E-state index in [9.17, 15) is 9.65 Å². The quantitative estimate of drug-likeness (QED) is 0.854. The van der Waals surface area contributed by atoms with Crippen molar-refractivity contribution in [3.05, 3.63) is 41.3 Å². The minimum atomic E-state index is -0.472. The Bertz CT molecular complexity index is 806. The zero-order valence-corrected chi connectivity index (χ0v) is 14.7. The molecule has 0 amide bonds. The maximum Gasteiger partial charge on any atom is 0.227 e. The zero-order valence-electron chi connectivity index (χ0n) is 14.7. The SMILES string of the molecule is Cc1cc(N(C)C)nc(N2CCN(c3cccc(F)c3C#N)CC2)n1. The van der Waals surface area contributed by atoms with Crippen molar-refractivity contribution in [1.82, 2.24) is 9.97 Å². The van der Waals surface area contributed by atoms with Gasteiger partial charge in [-0.2, -0.15) is 10.2 Å². The molecule has 1 saturated heterocycles. The van der Waals surface area contributed by atoms with Crippen LogP contribution in [0.2, 0.25) is 0 Å². The molecule has 25 heavy (non-hydrogen) atoms. The summed E-state index contributed by atoms with van der Waals surface area (Å²) in [4.78, 5) is 15.3. The molecule has 1 aromatic carbocycles. The van der Waals surface area contributed by atoms with Crippen LogP contribution in [0.1, 0.15) is 11.3 Å². The van der Waals surface area contributed by atoms with Gasteiger partial charge in [-0.1, -0.05) is 6.07 Å². The van der Waals surface area contributed by atoms with Gasteiger partial charge >= 0.3 is 0 Å². The topological polar surface area (TPSA) is 59.3 Å². The Morgan fingerprint density at radius 2 is 1.80 bits per heavy atom. The first-order chi connectivity index (χ1) is 12.0. The van der Waals surface area contributed by atoms with Crippen LogP contribution in [0.5, 0.6) is 0 Å². The molecule has 2 heterocycles. The lowest BCUT2D eigenvalue weighted by Crippen LogP contribution is -2.47. The Balaban J connectivity index is 1.77. The number of rotatable bonds is 3. The fourth-order valence-corrected chi connectivity index (χ4v) is 2.94. The van der Waals surface area contributed by atoms with Crippen LogP contribution < -0.4 is 14.7 Å². The molecule has 0 N–H and O–H groups in total. The Morgan fingerprint density at radius 3 is 2.44 bits per heavy atom. The number of anilines is 3. The third-order valence-electron chi connectivity index (χ3n) is 4.29. The number of benzene rings is 1. The average molecular weight is 340 g/mol. The fourth-order valence-electron chi connectivity index (χ4n) is 2.94. The van der Waals surface area contributed by atoms with Gasteiger partial charge in [-0.25, -0.2) is 9.37 Å². The van der Waals surface area contributed by atoms with Crippen LogP contribution in [0.15, 0.2) is 24.3 Å². The molecule has 2 aromatic rings. The van der Waals surface area contributed by atoms with Gasteiger partial charge in [0.15, 0.2) is 0 Å². The lowest BCUT2D eigenvalue weighted by Gasteiger charge is -2.36. The van der Waals surface area contributed by atoms with Crippen molar-refractivity contribution in [2.75, 3.05) is 55.0 Å². The second-order valence-corrected chi connectivity index (χ2v) is 6.28. The summed E-state index contributed by atoms with van der Waals surface area (Å²) < 4.78 is 13.8. The Morgan fingerprint density at radius 1 is 1.12 bits per heavy atom. The minimum Gasteiger partial charge on any atom is -0.367 e. The van der Waals surface area contributed by atoms with E-state index in [0.29, 0.717) is 24.7 Å². The maximum absolute atomic E-state index is 13.8.